The molecule has 0 saturated carbocycles. The monoisotopic (exact) mass is 535 g/mol. The molecule has 38 heavy (non-hydrogen) atoms. The van der Waals surface area contributed by atoms with Crippen molar-refractivity contribution in [2.24, 2.45) is 0 Å². The molecule has 2 amide bonds. The fourth-order valence-electron chi connectivity index (χ4n) is 4.17. The largest absolute Gasteiger partial charge is 0.352 e. The van der Waals surface area contributed by atoms with E-state index in [0.717, 1.165) is 16.7 Å². The van der Waals surface area contributed by atoms with E-state index in [0.29, 0.717) is 12.1 Å². The fourth-order valence-corrected chi connectivity index (χ4v) is 5.62. The summed E-state index contributed by atoms with van der Waals surface area (Å²) in [5.41, 5.74) is 3.02. The van der Waals surface area contributed by atoms with Crippen LogP contribution in [0, 0.1) is 6.92 Å². The average Bonchev–Trinajstić information content (AvgIpc) is 2.90. The van der Waals surface area contributed by atoms with Crippen molar-refractivity contribution in [2.45, 2.75) is 64.6 Å². The predicted octanol–water partition coefficient (Wildman–Crippen LogP) is 4.69. The summed E-state index contributed by atoms with van der Waals surface area (Å²) >= 11 is 0. The summed E-state index contributed by atoms with van der Waals surface area (Å²) in [4.78, 5) is 28.4. The van der Waals surface area contributed by atoms with Gasteiger partial charge in [0.25, 0.3) is 10.0 Å². The Morgan fingerprint density at radius 1 is 0.868 bits per heavy atom. The summed E-state index contributed by atoms with van der Waals surface area (Å²) in [5, 5.41) is 2.86. The van der Waals surface area contributed by atoms with E-state index in [4.69, 9.17) is 0 Å². The van der Waals surface area contributed by atoms with E-state index < -0.39 is 28.5 Å². The Morgan fingerprint density at radius 3 is 2.08 bits per heavy atom. The van der Waals surface area contributed by atoms with Crippen LogP contribution in [0.3, 0.4) is 0 Å². The number of para-hydroxylation sites is 1. The molecule has 1 N–H and O–H groups in total. The van der Waals surface area contributed by atoms with Crippen molar-refractivity contribution in [1.29, 1.82) is 0 Å². The molecule has 0 bridgehead atoms. The van der Waals surface area contributed by atoms with Gasteiger partial charge in [0.2, 0.25) is 11.8 Å². The fraction of sp³-hybridized carbons (Fsp3) is 0.333. The highest BCUT2D eigenvalue weighted by molar-refractivity contribution is 7.92. The lowest BCUT2D eigenvalue weighted by Crippen LogP contribution is -2.52. The molecule has 0 fully saturated rings. The van der Waals surface area contributed by atoms with Crippen LogP contribution in [0.1, 0.15) is 44.4 Å². The van der Waals surface area contributed by atoms with Crippen molar-refractivity contribution in [1.82, 2.24) is 10.2 Å². The Balaban J connectivity index is 2.06. The molecule has 3 aromatic carbocycles. The molecule has 1 unspecified atom stereocenters. The molecule has 0 aliphatic carbocycles. The molecule has 8 heteroatoms. The van der Waals surface area contributed by atoms with Crippen molar-refractivity contribution in [2.75, 3.05) is 10.8 Å². The number of carbonyl (C=O) groups is 2. The number of aryl methyl sites for hydroxylation is 2. The van der Waals surface area contributed by atoms with Gasteiger partial charge in [-0.1, -0.05) is 73.2 Å². The van der Waals surface area contributed by atoms with E-state index in [9.17, 15) is 18.0 Å². The lowest BCUT2D eigenvalue weighted by Gasteiger charge is -2.33. The second-order valence-corrected chi connectivity index (χ2v) is 11.5. The predicted molar refractivity (Wildman–Crippen MR) is 151 cm³/mol. The molecule has 1 atom stereocenters. The van der Waals surface area contributed by atoms with Gasteiger partial charge in [-0.25, -0.2) is 8.42 Å². The second kappa shape index (κ2) is 12.7. The number of carbonyl (C=O) groups excluding carboxylic acids is 2. The van der Waals surface area contributed by atoms with E-state index in [1.165, 1.54) is 9.21 Å². The number of nitrogens with zero attached hydrogens (tertiary/aromatic N) is 2. The third-order valence-electron chi connectivity index (χ3n) is 6.32. The number of nitrogens with one attached hydrogen (secondary N) is 1. The van der Waals surface area contributed by atoms with E-state index in [-0.39, 0.29) is 23.4 Å². The van der Waals surface area contributed by atoms with Crippen LogP contribution < -0.4 is 9.62 Å². The Labute approximate surface area is 226 Å². The number of hydrogen-bond acceptors (Lipinski definition) is 4. The molecule has 0 heterocycles. The second-order valence-electron chi connectivity index (χ2n) is 9.65. The first kappa shape index (κ1) is 28.9. The smallest absolute Gasteiger partial charge is 0.264 e. The summed E-state index contributed by atoms with van der Waals surface area (Å²) in [7, 11) is -4.08. The van der Waals surface area contributed by atoms with Gasteiger partial charge in [0.1, 0.15) is 12.6 Å². The van der Waals surface area contributed by atoms with Gasteiger partial charge in [-0.2, -0.15) is 0 Å². The number of hydrogen-bond donors (Lipinski definition) is 1. The molecule has 0 aromatic heterocycles. The number of rotatable bonds is 11. The quantitative estimate of drug-likeness (QED) is 0.386. The minimum Gasteiger partial charge on any atom is -0.352 e. The first-order chi connectivity index (χ1) is 18.0. The maximum absolute atomic E-state index is 14.0. The lowest BCUT2D eigenvalue weighted by molar-refractivity contribution is -0.139. The highest BCUT2D eigenvalue weighted by Crippen LogP contribution is 2.28. The minimum atomic E-state index is -4.08. The third kappa shape index (κ3) is 7.01. The average molecular weight is 536 g/mol. The SMILES string of the molecule is CCc1ccccc1N(CC(=O)N(Cc1ccccc1)C(C)C(=O)NC(C)C)S(=O)(=O)c1ccc(C)cc1. The van der Waals surface area contributed by atoms with Gasteiger partial charge < -0.3 is 10.2 Å². The zero-order valence-corrected chi connectivity index (χ0v) is 23.5. The standard InChI is InChI=1S/C30H37N3O4S/c1-6-26-14-10-11-15-28(26)33(38(36,37)27-18-16-23(4)17-19-27)21-29(34)32(20-25-12-8-7-9-13-25)24(5)30(35)31-22(2)3/h7-19,22,24H,6,20-21H2,1-5H3,(H,31,35). The molecule has 0 aliphatic rings. The van der Waals surface area contributed by atoms with Gasteiger partial charge in [-0.3, -0.25) is 13.9 Å². The number of amides is 2. The van der Waals surface area contributed by atoms with Crippen molar-refractivity contribution in [3.05, 3.63) is 95.6 Å². The normalized spacial score (nSPS) is 12.2. The van der Waals surface area contributed by atoms with E-state index in [1.54, 1.807) is 43.3 Å². The highest BCUT2D eigenvalue weighted by atomic mass is 32.2. The summed E-state index contributed by atoms with van der Waals surface area (Å²) in [6, 6.07) is 22.2. The molecule has 0 spiro atoms. The van der Waals surface area contributed by atoms with Gasteiger partial charge in [0.05, 0.1) is 10.6 Å². The lowest BCUT2D eigenvalue weighted by atomic mass is 10.1. The molecular weight excluding hydrogens is 498 g/mol. The Hall–Kier alpha value is -3.65. The van der Waals surface area contributed by atoms with Crippen LogP contribution in [0.4, 0.5) is 5.69 Å². The highest BCUT2D eigenvalue weighted by Gasteiger charge is 2.33. The van der Waals surface area contributed by atoms with Gasteiger partial charge in [0, 0.05) is 12.6 Å². The summed E-state index contributed by atoms with van der Waals surface area (Å²) < 4.78 is 29.1. The van der Waals surface area contributed by atoms with Gasteiger partial charge >= 0.3 is 0 Å². The van der Waals surface area contributed by atoms with Gasteiger partial charge in [-0.15, -0.1) is 0 Å². The van der Waals surface area contributed by atoms with E-state index in [2.05, 4.69) is 5.32 Å². The molecule has 0 saturated heterocycles. The molecule has 3 aromatic rings. The molecule has 7 nitrogen and oxygen atoms in total. The van der Waals surface area contributed by atoms with Crippen LogP contribution in [-0.4, -0.2) is 43.8 Å². The number of sulfonamides is 1. The van der Waals surface area contributed by atoms with Crippen LogP contribution in [-0.2, 0) is 32.6 Å². The molecule has 202 valence electrons. The van der Waals surface area contributed by atoms with E-state index in [1.807, 2.05) is 70.2 Å². The Kier molecular flexibility index (Phi) is 9.69. The van der Waals surface area contributed by atoms with E-state index >= 15 is 0 Å². The van der Waals surface area contributed by atoms with Crippen LogP contribution in [0.25, 0.3) is 0 Å². The zero-order valence-electron chi connectivity index (χ0n) is 22.7. The Bertz CT molecular complexity index is 1340. The zero-order chi connectivity index (χ0) is 27.9. The van der Waals surface area contributed by atoms with Crippen LogP contribution >= 0.6 is 0 Å². The van der Waals surface area contributed by atoms with Gasteiger partial charge in [-0.05, 0) is 63.4 Å². The first-order valence-corrected chi connectivity index (χ1v) is 14.3. The van der Waals surface area contributed by atoms with Crippen molar-refractivity contribution >= 4 is 27.5 Å². The number of benzene rings is 3. The molecular formula is C30H37N3O4S. The van der Waals surface area contributed by atoms with Crippen molar-refractivity contribution in [3.8, 4) is 0 Å². The van der Waals surface area contributed by atoms with Crippen LogP contribution in [0.2, 0.25) is 0 Å². The molecule has 3 rings (SSSR count). The summed E-state index contributed by atoms with van der Waals surface area (Å²) in [6.07, 6.45) is 0.589. The Morgan fingerprint density at radius 2 is 1.47 bits per heavy atom. The maximum Gasteiger partial charge on any atom is 0.264 e. The maximum atomic E-state index is 14.0. The number of anilines is 1. The van der Waals surface area contributed by atoms with Crippen LogP contribution in [0.5, 0.6) is 0 Å². The van der Waals surface area contributed by atoms with Crippen molar-refractivity contribution in [3.63, 3.8) is 0 Å². The van der Waals surface area contributed by atoms with Gasteiger partial charge in [0.15, 0.2) is 0 Å². The third-order valence-corrected chi connectivity index (χ3v) is 8.10. The molecule has 0 radical (unpaired) electrons. The van der Waals surface area contributed by atoms with Crippen molar-refractivity contribution < 1.29 is 18.0 Å². The van der Waals surface area contributed by atoms with Crippen LogP contribution in [0.15, 0.2) is 83.8 Å². The first-order valence-electron chi connectivity index (χ1n) is 12.9. The molecule has 0 aliphatic heterocycles. The topological polar surface area (TPSA) is 86.8 Å². The minimum absolute atomic E-state index is 0.0991. The summed E-state index contributed by atoms with van der Waals surface area (Å²) in [6.45, 7) is 8.92. The summed E-state index contributed by atoms with van der Waals surface area (Å²) in [5.74, 6) is -0.770.